The summed E-state index contributed by atoms with van der Waals surface area (Å²) in [5.41, 5.74) is 5.37. The lowest BCUT2D eigenvalue weighted by atomic mass is 9.96. The number of nitrogens with two attached hydrogens (primary N) is 1. The van der Waals surface area contributed by atoms with Crippen LogP contribution in [0.1, 0.15) is 72.8 Å². The van der Waals surface area contributed by atoms with E-state index in [1.807, 2.05) is 30.3 Å². The number of para-hydroxylation sites is 1. The number of carbonyl (C=O) groups excluding carboxylic acids is 3. The van der Waals surface area contributed by atoms with Crippen LogP contribution in [0.25, 0.3) is 0 Å². The first-order valence-corrected chi connectivity index (χ1v) is 17.8. The molecule has 0 saturated carbocycles. The van der Waals surface area contributed by atoms with Gasteiger partial charge in [0.15, 0.2) is 4.90 Å². The first kappa shape index (κ1) is 38.6. The van der Waals surface area contributed by atoms with Gasteiger partial charge in [-0.15, -0.1) is 0 Å². The van der Waals surface area contributed by atoms with Gasteiger partial charge in [-0.1, -0.05) is 69.7 Å². The molecule has 2 aromatic rings. The second-order valence-corrected chi connectivity index (χ2v) is 15.1. The summed E-state index contributed by atoms with van der Waals surface area (Å²) in [5, 5.41) is 14.9. The molecule has 0 bridgehead atoms. The van der Waals surface area contributed by atoms with E-state index in [2.05, 4.69) is 5.32 Å². The SMILES string of the molecule is CC[C@H](N)C(=O)N[C@@H](Cc1ccccc1)CN([C@H](C(=O)N1CCC[C@@H]1C(=O)OC(C)(C)C)[C@@H](C)CC)S(=O)(=O)c1ccccc1[N+](=O)[O-]. The zero-order valence-corrected chi connectivity index (χ0v) is 29.4. The summed E-state index contributed by atoms with van der Waals surface area (Å²) >= 11 is 0. The number of sulfonamides is 1. The molecule has 0 aliphatic carbocycles. The topological polar surface area (TPSA) is 182 Å². The lowest BCUT2D eigenvalue weighted by Crippen LogP contribution is -2.59. The fourth-order valence-corrected chi connectivity index (χ4v) is 7.66. The highest BCUT2D eigenvalue weighted by molar-refractivity contribution is 7.89. The highest BCUT2D eigenvalue weighted by atomic mass is 32.2. The quantitative estimate of drug-likeness (QED) is 0.160. The number of likely N-dealkylation sites (tertiary alicyclic amines) is 1. The summed E-state index contributed by atoms with van der Waals surface area (Å²) in [5.74, 6) is -2.31. The first-order valence-electron chi connectivity index (χ1n) is 16.4. The Kier molecular flexibility index (Phi) is 13.2. The number of nitrogens with one attached hydrogen (secondary N) is 1. The van der Waals surface area contributed by atoms with E-state index in [0.717, 1.165) is 22.0 Å². The van der Waals surface area contributed by atoms with Crippen molar-refractivity contribution in [1.82, 2.24) is 14.5 Å². The minimum Gasteiger partial charge on any atom is -0.458 e. The second kappa shape index (κ2) is 16.5. The molecule has 0 spiro atoms. The average Bonchev–Trinajstić information content (AvgIpc) is 3.54. The van der Waals surface area contributed by atoms with Gasteiger partial charge in [-0.05, 0) is 64.0 Å². The minimum atomic E-state index is -4.78. The predicted molar refractivity (Wildman–Crippen MR) is 181 cm³/mol. The Morgan fingerprint density at radius 2 is 1.71 bits per heavy atom. The number of esters is 1. The Labute approximate surface area is 283 Å². The molecule has 264 valence electrons. The summed E-state index contributed by atoms with van der Waals surface area (Å²) in [6.45, 7) is 10.2. The third-order valence-corrected chi connectivity index (χ3v) is 10.4. The van der Waals surface area contributed by atoms with E-state index in [1.165, 1.54) is 17.0 Å². The fourth-order valence-electron chi connectivity index (χ4n) is 5.77. The molecule has 5 atom stereocenters. The number of ether oxygens (including phenoxy) is 1. The number of carbonyl (C=O) groups is 3. The standard InChI is InChI=1S/C34H49N5O8S/c1-7-23(3)30(32(41)37-20-14-18-28(37)33(42)47-34(4,5)6)38(48(45,46)29-19-13-12-17-27(29)39(43)44)22-25(36-31(40)26(35)8-2)21-24-15-10-9-11-16-24/h9-13,15-17,19,23,25-26,28,30H,7-8,14,18,20-22,35H2,1-6H3,(H,36,40)/t23-,25-,26-,28+,30-/m0/s1. The van der Waals surface area contributed by atoms with Gasteiger partial charge in [-0.2, -0.15) is 4.31 Å². The van der Waals surface area contributed by atoms with Crippen LogP contribution in [0.4, 0.5) is 5.69 Å². The molecule has 3 N–H and O–H groups in total. The van der Waals surface area contributed by atoms with Gasteiger partial charge in [0.05, 0.1) is 11.0 Å². The van der Waals surface area contributed by atoms with Crippen LogP contribution in [0.5, 0.6) is 0 Å². The molecule has 1 aliphatic heterocycles. The van der Waals surface area contributed by atoms with Crippen molar-refractivity contribution in [3.63, 3.8) is 0 Å². The van der Waals surface area contributed by atoms with Crippen molar-refractivity contribution >= 4 is 33.5 Å². The van der Waals surface area contributed by atoms with E-state index in [1.54, 1.807) is 41.5 Å². The summed E-state index contributed by atoms with van der Waals surface area (Å²) < 4.78 is 36.0. The Balaban J connectivity index is 2.21. The zero-order valence-electron chi connectivity index (χ0n) is 28.6. The number of nitrogens with zero attached hydrogens (tertiary/aromatic N) is 3. The Morgan fingerprint density at radius 3 is 2.29 bits per heavy atom. The first-order chi connectivity index (χ1) is 22.5. The normalized spacial score (nSPS) is 17.8. The van der Waals surface area contributed by atoms with Crippen molar-refractivity contribution in [2.45, 2.75) is 108 Å². The van der Waals surface area contributed by atoms with Crippen molar-refractivity contribution in [2.75, 3.05) is 13.1 Å². The number of amides is 2. The Morgan fingerprint density at radius 1 is 1.08 bits per heavy atom. The van der Waals surface area contributed by atoms with E-state index < -0.39 is 85.5 Å². The number of hydrogen-bond donors (Lipinski definition) is 2. The molecule has 13 nitrogen and oxygen atoms in total. The van der Waals surface area contributed by atoms with Crippen LogP contribution in [0.3, 0.4) is 0 Å². The van der Waals surface area contributed by atoms with Crippen LogP contribution in [0.2, 0.25) is 0 Å². The van der Waals surface area contributed by atoms with E-state index in [9.17, 15) is 32.9 Å². The number of nitro benzene ring substituents is 1. The molecule has 0 unspecified atom stereocenters. The van der Waals surface area contributed by atoms with Gasteiger partial charge < -0.3 is 20.7 Å². The van der Waals surface area contributed by atoms with Gasteiger partial charge >= 0.3 is 5.97 Å². The third-order valence-electron chi connectivity index (χ3n) is 8.46. The summed E-state index contributed by atoms with van der Waals surface area (Å²) in [6.07, 6.45) is 1.71. The number of rotatable bonds is 15. The Bertz CT molecular complexity index is 1550. The second-order valence-electron chi connectivity index (χ2n) is 13.3. The molecule has 1 saturated heterocycles. The molecule has 0 radical (unpaired) electrons. The van der Waals surface area contributed by atoms with Crippen molar-refractivity contribution < 1.29 is 32.5 Å². The van der Waals surface area contributed by atoms with Crippen molar-refractivity contribution in [2.24, 2.45) is 11.7 Å². The predicted octanol–water partition coefficient (Wildman–Crippen LogP) is 3.80. The van der Waals surface area contributed by atoms with Crippen molar-refractivity contribution in [1.29, 1.82) is 0 Å². The molecule has 1 aliphatic rings. The van der Waals surface area contributed by atoms with Crippen LogP contribution in [0, 0.1) is 16.0 Å². The molecule has 14 heteroatoms. The van der Waals surface area contributed by atoms with Crippen LogP contribution >= 0.6 is 0 Å². The molecule has 48 heavy (non-hydrogen) atoms. The molecule has 0 aromatic heterocycles. The highest BCUT2D eigenvalue weighted by Crippen LogP contribution is 2.33. The molecule has 1 fully saturated rings. The van der Waals surface area contributed by atoms with Crippen molar-refractivity contribution in [3.8, 4) is 0 Å². The smallest absolute Gasteiger partial charge is 0.329 e. The number of hydrogen-bond acceptors (Lipinski definition) is 9. The van der Waals surface area contributed by atoms with Gasteiger partial charge in [-0.3, -0.25) is 19.7 Å². The molecule has 2 amide bonds. The summed E-state index contributed by atoms with van der Waals surface area (Å²) in [4.78, 5) is 53.1. The van der Waals surface area contributed by atoms with Gasteiger partial charge in [0.25, 0.3) is 15.7 Å². The molecular weight excluding hydrogens is 638 g/mol. The van der Waals surface area contributed by atoms with E-state index >= 15 is 0 Å². The minimum absolute atomic E-state index is 0.178. The fraction of sp³-hybridized carbons (Fsp3) is 0.559. The van der Waals surface area contributed by atoms with Gasteiger partial charge in [-0.25, -0.2) is 13.2 Å². The maximum atomic E-state index is 14.7. The molecule has 1 heterocycles. The lowest BCUT2D eigenvalue weighted by molar-refractivity contribution is -0.387. The monoisotopic (exact) mass is 687 g/mol. The molecular formula is C34H49N5O8S. The van der Waals surface area contributed by atoms with Crippen molar-refractivity contribution in [3.05, 3.63) is 70.3 Å². The van der Waals surface area contributed by atoms with Crippen LogP contribution in [0.15, 0.2) is 59.5 Å². The molecule has 2 aromatic carbocycles. The number of nitro groups is 1. The van der Waals surface area contributed by atoms with E-state index in [0.29, 0.717) is 25.7 Å². The third kappa shape index (κ3) is 9.60. The maximum absolute atomic E-state index is 14.7. The molecule has 3 rings (SSSR count). The van der Waals surface area contributed by atoms with Gasteiger partial charge in [0.2, 0.25) is 11.8 Å². The van der Waals surface area contributed by atoms with Crippen LogP contribution in [-0.2, 0) is 35.6 Å². The van der Waals surface area contributed by atoms with E-state index in [-0.39, 0.29) is 13.0 Å². The van der Waals surface area contributed by atoms with Gasteiger partial charge in [0, 0.05) is 25.2 Å². The zero-order chi connectivity index (χ0) is 35.8. The van der Waals surface area contributed by atoms with Gasteiger partial charge in [0.1, 0.15) is 17.7 Å². The number of benzene rings is 2. The van der Waals surface area contributed by atoms with E-state index in [4.69, 9.17) is 10.5 Å². The average molecular weight is 688 g/mol. The summed E-state index contributed by atoms with van der Waals surface area (Å²) in [6, 6.07) is 10.0. The van der Waals surface area contributed by atoms with Crippen LogP contribution in [-0.4, -0.2) is 83.2 Å². The van der Waals surface area contributed by atoms with Crippen LogP contribution < -0.4 is 11.1 Å². The largest absolute Gasteiger partial charge is 0.458 e. The maximum Gasteiger partial charge on any atom is 0.329 e. The lowest BCUT2D eigenvalue weighted by Gasteiger charge is -2.39. The summed E-state index contributed by atoms with van der Waals surface area (Å²) in [7, 11) is -4.78. The Hall–Kier alpha value is -3.88. The highest BCUT2D eigenvalue weighted by Gasteiger charge is 2.47.